The third-order valence-corrected chi connectivity index (χ3v) is 3.92. The summed E-state index contributed by atoms with van der Waals surface area (Å²) in [7, 11) is 0. The van der Waals surface area contributed by atoms with E-state index in [4.69, 9.17) is 5.11 Å². The Morgan fingerprint density at radius 3 is 2.86 bits per heavy atom. The highest BCUT2D eigenvalue weighted by Crippen LogP contribution is 2.26. The van der Waals surface area contributed by atoms with Crippen LogP contribution in [0.2, 0.25) is 0 Å². The summed E-state index contributed by atoms with van der Waals surface area (Å²) < 4.78 is 0. The second kappa shape index (κ2) is 6.51. The summed E-state index contributed by atoms with van der Waals surface area (Å²) in [4.78, 5) is 25.1. The van der Waals surface area contributed by atoms with Gasteiger partial charge in [0.2, 0.25) is 0 Å². The molecule has 7 nitrogen and oxygen atoms in total. The molecule has 2 N–H and O–H groups in total. The zero-order valence-corrected chi connectivity index (χ0v) is 11.9. The standard InChI is InChI=1S/C14H19N3O4/c1-9-3-2-4-10(6-5-9)16-13-7-11(14(18)19)12(8-15-13)17(20)21/h7-10H,2-6H2,1H3,(H,15,16)(H,18,19). The zero-order valence-electron chi connectivity index (χ0n) is 11.9. The molecule has 0 amide bonds. The quantitative estimate of drug-likeness (QED) is 0.502. The minimum Gasteiger partial charge on any atom is -0.477 e. The first kappa shape index (κ1) is 15.2. The number of nitrogens with zero attached hydrogens (tertiary/aromatic N) is 2. The molecule has 1 fully saturated rings. The molecule has 0 aliphatic heterocycles. The van der Waals surface area contributed by atoms with Gasteiger partial charge in [-0.25, -0.2) is 9.78 Å². The van der Waals surface area contributed by atoms with Gasteiger partial charge in [0, 0.05) is 12.1 Å². The first-order chi connectivity index (χ1) is 9.97. The SMILES string of the molecule is CC1CCCC(Nc2cc(C(=O)O)c([N+](=O)[O-])cn2)CC1. The van der Waals surface area contributed by atoms with Gasteiger partial charge in [-0.3, -0.25) is 10.1 Å². The predicted molar refractivity (Wildman–Crippen MR) is 77.5 cm³/mol. The molecule has 0 saturated heterocycles. The highest BCUT2D eigenvalue weighted by molar-refractivity contribution is 5.93. The van der Waals surface area contributed by atoms with Crippen LogP contribution in [0.3, 0.4) is 0 Å². The van der Waals surface area contributed by atoms with Crippen LogP contribution in [0.5, 0.6) is 0 Å². The lowest BCUT2D eigenvalue weighted by Gasteiger charge is -2.17. The van der Waals surface area contributed by atoms with Crippen molar-refractivity contribution in [1.29, 1.82) is 0 Å². The van der Waals surface area contributed by atoms with E-state index in [-0.39, 0.29) is 11.6 Å². The Bertz CT molecular complexity index is 547. The topological polar surface area (TPSA) is 105 Å². The number of nitrogens with one attached hydrogen (secondary N) is 1. The lowest BCUT2D eigenvalue weighted by atomic mass is 10.0. The van der Waals surface area contributed by atoms with Gasteiger partial charge in [0.1, 0.15) is 17.6 Å². The minimum atomic E-state index is -1.32. The molecule has 114 valence electrons. The van der Waals surface area contributed by atoms with Gasteiger partial charge in [0.15, 0.2) is 0 Å². The molecule has 1 aliphatic rings. The Morgan fingerprint density at radius 1 is 1.43 bits per heavy atom. The van der Waals surface area contributed by atoms with E-state index in [1.807, 2.05) is 0 Å². The van der Waals surface area contributed by atoms with E-state index in [9.17, 15) is 14.9 Å². The van der Waals surface area contributed by atoms with Crippen LogP contribution in [-0.2, 0) is 0 Å². The fourth-order valence-corrected chi connectivity index (χ4v) is 2.68. The zero-order chi connectivity index (χ0) is 15.4. The van der Waals surface area contributed by atoms with Gasteiger partial charge < -0.3 is 10.4 Å². The Kier molecular flexibility index (Phi) is 4.72. The van der Waals surface area contributed by atoms with Crippen LogP contribution in [-0.4, -0.2) is 27.0 Å². The molecule has 1 aromatic heterocycles. The summed E-state index contributed by atoms with van der Waals surface area (Å²) in [5.74, 6) is -0.226. The largest absolute Gasteiger partial charge is 0.477 e. The third-order valence-electron chi connectivity index (χ3n) is 3.92. The van der Waals surface area contributed by atoms with E-state index in [1.54, 1.807) is 0 Å². The smallest absolute Gasteiger partial charge is 0.342 e. The minimum absolute atomic E-state index is 0.241. The van der Waals surface area contributed by atoms with E-state index >= 15 is 0 Å². The number of pyridine rings is 1. The van der Waals surface area contributed by atoms with Gasteiger partial charge in [-0.1, -0.05) is 19.8 Å². The van der Waals surface area contributed by atoms with E-state index in [0.717, 1.165) is 31.9 Å². The van der Waals surface area contributed by atoms with Crippen molar-refractivity contribution < 1.29 is 14.8 Å². The maximum Gasteiger partial charge on any atom is 0.342 e. The van der Waals surface area contributed by atoms with Crippen LogP contribution in [0, 0.1) is 16.0 Å². The van der Waals surface area contributed by atoms with Crippen molar-refractivity contribution in [3.05, 3.63) is 27.9 Å². The average Bonchev–Trinajstić information content (AvgIpc) is 2.63. The Hall–Kier alpha value is -2.18. The van der Waals surface area contributed by atoms with Gasteiger partial charge in [0.05, 0.1) is 4.92 Å². The van der Waals surface area contributed by atoms with Crippen LogP contribution in [0.25, 0.3) is 0 Å². The third kappa shape index (κ3) is 3.90. The number of aromatic carboxylic acids is 1. The van der Waals surface area contributed by atoms with Crippen molar-refractivity contribution in [3.63, 3.8) is 0 Å². The summed E-state index contributed by atoms with van der Waals surface area (Å²) in [5, 5.41) is 23.1. The summed E-state index contributed by atoms with van der Waals surface area (Å²) in [6.07, 6.45) is 6.46. The molecule has 2 atom stereocenters. The number of carboxylic acids is 1. The number of nitro groups is 1. The van der Waals surface area contributed by atoms with Gasteiger partial charge in [-0.15, -0.1) is 0 Å². The molecule has 0 bridgehead atoms. The van der Waals surface area contributed by atoms with Crippen molar-refractivity contribution in [3.8, 4) is 0 Å². The molecule has 21 heavy (non-hydrogen) atoms. The van der Waals surface area contributed by atoms with Gasteiger partial charge >= 0.3 is 11.7 Å². The summed E-state index contributed by atoms with van der Waals surface area (Å²) >= 11 is 0. The summed E-state index contributed by atoms with van der Waals surface area (Å²) in [6.45, 7) is 2.23. The molecule has 1 aliphatic carbocycles. The number of anilines is 1. The van der Waals surface area contributed by atoms with Crippen molar-refractivity contribution in [2.45, 2.75) is 45.1 Å². The second-order valence-electron chi connectivity index (χ2n) is 5.60. The molecule has 0 spiro atoms. The molecule has 1 heterocycles. The van der Waals surface area contributed by atoms with Gasteiger partial charge in [-0.2, -0.15) is 0 Å². The van der Waals surface area contributed by atoms with Crippen LogP contribution in [0.1, 0.15) is 49.4 Å². The molecule has 2 rings (SSSR count). The van der Waals surface area contributed by atoms with E-state index < -0.39 is 16.6 Å². The van der Waals surface area contributed by atoms with Gasteiger partial charge in [0.25, 0.3) is 0 Å². The number of hydrogen-bond acceptors (Lipinski definition) is 5. The molecular weight excluding hydrogens is 274 g/mol. The van der Waals surface area contributed by atoms with Crippen molar-refractivity contribution in [2.75, 3.05) is 5.32 Å². The number of aromatic nitrogens is 1. The summed E-state index contributed by atoms with van der Waals surface area (Å²) in [5.41, 5.74) is -0.818. The van der Waals surface area contributed by atoms with Crippen molar-refractivity contribution in [1.82, 2.24) is 4.98 Å². The monoisotopic (exact) mass is 293 g/mol. The lowest BCUT2D eigenvalue weighted by molar-refractivity contribution is -0.385. The van der Waals surface area contributed by atoms with Crippen molar-refractivity contribution >= 4 is 17.5 Å². The highest BCUT2D eigenvalue weighted by atomic mass is 16.6. The van der Waals surface area contributed by atoms with Crippen LogP contribution >= 0.6 is 0 Å². The van der Waals surface area contributed by atoms with Gasteiger partial charge in [-0.05, 0) is 25.2 Å². The fraction of sp³-hybridized carbons (Fsp3) is 0.571. The Labute approximate surface area is 122 Å². The number of carboxylic acid groups (broad SMARTS) is 1. The normalized spacial score (nSPS) is 22.3. The number of rotatable bonds is 4. The van der Waals surface area contributed by atoms with Crippen molar-refractivity contribution in [2.24, 2.45) is 5.92 Å². The number of hydrogen-bond donors (Lipinski definition) is 2. The average molecular weight is 293 g/mol. The highest BCUT2D eigenvalue weighted by Gasteiger charge is 2.22. The van der Waals surface area contributed by atoms with Crippen LogP contribution in [0.4, 0.5) is 11.5 Å². The number of carbonyl (C=O) groups is 1. The first-order valence-electron chi connectivity index (χ1n) is 7.11. The molecule has 0 aromatic carbocycles. The second-order valence-corrected chi connectivity index (χ2v) is 5.60. The molecule has 0 radical (unpaired) electrons. The molecule has 1 saturated carbocycles. The maximum atomic E-state index is 11.1. The molecule has 7 heteroatoms. The van der Waals surface area contributed by atoms with E-state index in [1.165, 1.54) is 12.5 Å². The predicted octanol–water partition coefficient (Wildman–Crippen LogP) is 3.07. The first-order valence-corrected chi connectivity index (χ1v) is 7.11. The maximum absolute atomic E-state index is 11.1. The molecule has 2 unspecified atom stereocenters. The Morgan fingerprint density at radius 2 is 2.19 bits per heavy atom. The van der Waals surface area contributed by atoms with E-state index in [0.29, 0.717) is 11.7 Å². The molecular formula is C14H19N3O4. The fourth-order valence-electron chi connectivity index (χ4n) is 2.68. The lowest BCUT2D eigenvalue weighted by Crippen LogP contribution is -2.19. The molecule has 1 aromatic rings. The van der Waals surface area contributed by atoms with Crippen LogP contribution in [0.15, 0.2) is 12.3 Å². The van der Waals surface area contributed by atoms with Crippen LogP contribution < -0.4 is 5.32 Å². The Balaban J connectivity index is 2.15. The van der Waals surface area contributed by atoms with E-state index in [2.05, 4.69) is 17.2 Å². The summed E-state index contributed by atoms with van der Waals surface area (Å²) in [6, 6.07) is 1.49.